The van der Waals surface area contributed by atoms with E-state index in [2.05, 4.69) is 53.4 Å². The molecule has 0 aliphatic carbocycles. The Morgan fingerprint density at radius 1 is 1.00 bits per heavy atom. The van der Waals surface area contributed by atoms with Crippen LogP contribution >= 0.6 is 0 Å². The van der Waals surface area contributed by atoms with Crippen LogP contribution in [0.1, 0.15) is 43.8 Å². The monoisotopic (exact) mass is 256 g/mol. The van der Waals surface area contributed by atoms with Crippen LogP contribution in [0, 0.1) is 0 Å². The normalized spacial score (nSPS) is 12.2. The molecule has 1 aromatic carbocycles. The molecule has 1 aromatic heterocycles. The van der Waals surface area contributed by atoms with Gasteiger partial charge in [-0.25, -0.2) is 4.98 Å². The Morgan fingerprint density at radius 2 is 1.68 bits per heavy atom. The minimum Gasteiger partial charge on any atom is -0.346 e. The van der Waals surface area contributed by atoms with Gasteiger partial charge in [0.25, 0.3) is 0 Å². The number of rotatable bonds is 5. The smallest absolute Gasteiger partial charge is 0.243 e. The van der Waals surface area contributed by atoms with Crippen molar-refractivity contribution in [1.82, 2.24) is 15.2 Å². The summed E-state index contributed by atoms with van der Waals surface area (Å²) in [6.45, 7) is 6.26. The average molecular weight is 256 g/mol. The fourth-order valence-corrected chi connectivity index (χ4v) is 2.02. The zero-order valence-electron chi connectivity index (χ0n) is 11.7. The molecule has 0 aliphatic rings. The molecule has 19 heavy (non-hydrogen) atoms. The van der Waals surface area contributed by atoms with Crippen LogP contribution in [0.5, 0.6) is 0 Å². The number of hydrogen-bond acceptors (Lipinski definition) is 4. The van der Waals surface area contributed by atoms with E-state index in [4.69, 9.17) is 0 Å². The lowest BCUT2D eigenvalue weighted by Gasteiger charge is -2.14. The molecule has 1 N–H and O–H groups in total. The summed E-state index contributed by atoms with van der Waals surface area (Å²) >= 11 is 0. The Bertz CT molecular complexity index is 525. The van der Waals surface area contributed by atoms with Crippen molar-refractivity contribution in [2.75, 3.05) is 5.32 Å². The SMILES string of the molecule is CCc1nnc(N[C@@H](C)c2ccccc2)nc1CC. The van der Waals surface area contributed by atoms with Gasteiger partial charge in [0.05, 0.1) is 17.4 Å². The Labute approximate surface area is 114 Å². The second-order valence-electron chi connectivity index (χ2n) is 4.51. The van der Waals surface area contributed by atoms with Gasteiger partial charge in [-0.1, -0.05) is 44.2 Å². The summed E-state index contributed by atoms with van der Waals surface area (Å²) in [5.41, 5.74) is 3.23. The van der Waals surface area contributed by atoms with E-state index < -0.39 is 0 Å². The van der Waals surface area contributed by atoms with Gasteiger partial charge < -0.3 is 5.32 Å². The van der Waals surface area contributed by atoms with Crippen molar-refractivity contribution in [2.45, 2.75) is 39.7 Å². The Kier molecular flexibility index (Phi) is 4.44. The van der Waals surface area contributed by atoms with Gasteiger partial charge in [-0.15, -0.1) is 5.10 Å². The highest BCUT2D eigenvalue weighted by molar-refractivity contribution is 5.31. The third-order valence-corrected chi connectivity index (χ3v) is 3.15. The number of nitrogens with zero attached hydrogens (tertiary/aromatic N) is 3. The lowest BCUT2D eigenvalue weighted by molar-refractivity contribution is 0.790. The first-order valence-corrected chi connectivity index (χ1v) is 6.78. The highest BCUT2D eigenvalue weighted by atomic mass is 15.2. The van der Waals surface area contributed by atoms with Gasteiger partial charge in [0.2, 0.25) is 5.95 Å². The molecular weight excluding hydrogens is 236 g/mol. The van der Waals surface area contributed by atoms with Crippen LogP contribution < -0.4 is 5.32 Å². The molecule has 4 heteroatoms. The summed E-state index contributed by atoms with van der Waals surface area (Å²) in [5, 5.41) is 11.7. The average Bonchev–Trinajstić information content (AvgIpc) is 2.48. The van der Waals surface area contributed by atoms with Crippen molar-refractivity contribution in [3.63, 3.8) is 0 Å². The summed E-state index contributed by atoms with van der Waals surface area (Å²) < 4.78 is 0. The molecule has 0 amide bonds. The molecule has 4 nitrogen and oxygen atoms in total. The van der Waals surface area contributed by atoms with E-state index in [0.717, 1.165) is 24.2 Å². The molecular formula is C15H20N4. The first-order chi connectivity index (χ1) is 9.24. The lowest BCUT2D eigenvalue weighted by Crippen LogP contribution is -2.12. The van der Waals surface area contributed by atoms with E-state index in [1.54, 1.807) is 0 Å². The first-order valence-electron chi connectivity index (χ1n) is 6.78. The topological polar surface area (TPSA) is 50.7 Å². The summed E-state index contributed by atoms with van der Waals surface area (Å²) in [7, 11) is 0. The van der Waals surface area contributed by atoms with Gasteiger partial charge in [0, 0.05) is 0 Å². The standard InChI is InChI=1S/C15H20N4/c1-4-13-14(5-2)18-19-15(17-13)16-11(3)12-9-7-6-8-10-12/h6-11H,4-5H2,1-3H3,(H,16,17,19)/t11-/m0/s1. The van der Waals surface area contributed by atoms with Crippen LogP contribution in [0.2, 0.25) is 0 Å². The molecule has 0 saturated carbocycles. The van der Waals surface area contributed by atoms with E-state index in [9.17, 15) is 0 Å². The molecule has 1 heterocycles. The van der Waals surface area contributed by atoms with Gasteiger partial charge in [-0.05, 0) is 25.3 Å². The molecule has 100 valence electrons. The molecule has 2 aromatic rings. The first kappa shape index (κ1) is 13.5. The number of hydrogen-bond donors (Lipinski definition) is 1. The molecule has 2 rings (SSSR count). The van der Waals surface area contributed by atoms with Crippen molar-refractivity contribution in [2.24, 2.45) is 0 Å². The largest absolute Gasteiger partial charge is 0.346 e. The van der Waals surface area contributed by atoms with Crippen molar-refractivity contribution in [3.05, 3.63) is 47.3 Å². The number of anilines is 1. The predicted molar refractivity (Wildman–Crippen MR) is 77.1 cm³/mol. The number of aryl methyl sites for hydroxylation is 2. The second-order valence-corrected chi connectivity index (χ2v) is 4.51. The molecule has 0 spiro atoms. The van der Waals surface area contributed by atoms with Crippen molar-refractivity contribution < 1.29 is 0 Å². The summed E-state index contributed by atoms with van der Waals surface area (Å²) in [6, 6.07) is 10.4. The van der Waals surface area contributed by atoms with Crippen molar-refractivity contribution >= 4 is 5.95 Å². The van der Waals surface area contributed by atoms with E-state index in [1.165, 1.54) is 5.56 Å². The molecule has 0 radical (unpaired) electrons. The van der Waals surface area contributed by atoms with Gasteiger partial charge in [0.1, 0.15) is 0 Å². The minimum absolute atomic E-state index is 0.167. The highest BCUT2D eigenvalue weighted by Crippen LogP contribution is 2.16. The van der Waals surface area contributed by atoms with Crippen LogP contribution in [0.25, 0.3) is 0 Å². The Balaban J connectivity index is 2.15. The van der Waals surface area contributed by atoms with Crippen LogP contribution in [0.15, 0.2) is 30.3 Å². The fourth-order valence-electron chi connectivity index (χ4n) is 2.02. The van der Waals surface area contributed by atoms with E-state index in [0.29, 0.717) is 5.95 Å². The highest BCUT2D eigenvalue weighted by Gasteiger charge is 2.09. The van der Waals surface area contributed by atoms with E-state index >= 15 is 0 Å². The Hall–Kier alpha value is -1.97. The summed E-state index contributed by atoms with van der Waals surface area (Å²) in [4.78, 5) is 4.54. The van der Waals surface area contributed by atoms with E-state index in [-0.39, 0.29) is 6.04 Å². The van der Waals surface area contributed by atoms with Crippen LogP contribution in [-0.4, -0.2) is 15.2 Å². The second kappa shape index (κ2) is 6.27. The lowest BCUT2D eigenvalue weighted by atomic mass is 10.1. The summed E-state index contributed by atoms with van der Waals surface area (Å²) in [5.74, 6) is 0.602. The Morgan fingerprint density at radius 3 is 2.32 bits per heavy atom. The number of nitrogens with one attached hydrogen (secondary N) is 1. The van der Waals surface area contributed by atoms with Gasteiger partial charge >= 0.3 is 0 Å². The van der Waals surface area contributed by atoms with Crippen LogP contribution in [0.3, 0.4) is 0 Å². The number of benzene rings is 1. The fraction of sp³-hybridized carbons (Fsp3) is 0.400. The van der Waals surface area contributed by atoms with Crippen LogP contribution in [0.4, 0.5) is 5.95 Å². The van der Waals surface area contributed by atoms with E-state index in [1.807, 2.05) is 18.2 Å². The van der Waals surface area contributed by atoms with Crippen LogP contribution in [-0.2, 0) is 12.8 Å². The zero-order chi connectivity index (χ0) is 13.7. The van der Waals surface area contributed by atoms with Gasteiger partial charge in [-0.2, -0.15) is 5.10 Å². The van der Waals surface area contributed by atoms with Crippen molar-refractivity contribution in [1.29, 1.82) is 0 Å². The summed E-state index contributed by atoms with van der Waals surface area (Å²) in [6.07, 6.45) is 1.75. The molecule has 0 bridgehead atoms. The molecule has 1 atom stereocenters. The number of aromatic nitrogens is 3. The quantitative estimate of drug-likeness (QED) is 0.892. The minimum atomic E-state index is 0.167. The third kappa shape index (κ3) is 3.28. The van der Waals surface area contributed by atoms with Gasteiger partial charge in [-0.3, -0.25) is 0 Å². The maximum atomic E-state index is 4.54. The molecule has 0 aliphatic heterocycles. The maximum absolute atomic E-state index is 4.54. The van der Waals surface area contributed by atoms with Crippen molar-refractivity contribution in [3.8, 4) is 0 Å². The zero-order valence-corrected chi connectivity index (χ0v) is 11.7. The molecule has 0 unspecified atom stereocenters. The maximum Gasteiger partial charge on any atom is 0.243 e. The third-order valence-electron chi connectivity index (χ3n) is 3.15. The predicted octanol–water partition coefficient (Wildman–Crippen LogP) is 3.17. The molecule has 0 saturated heterocycles. The van der Waals surface area contributed by atoms with Gasteiger partial charge in [0.15, 0.2) is 0 Å². The molecule has 0 fully saturated rings.